The maximum Gasteiger partial charge on any atom is 0.251 e. The summed E-state index contributed by atoms with van der Waals surface area (Å²) in [6.07, 6.45) is 6.77. The first-order valence-corrected chi connectivity index (χ1v) is 8.03. The quantitative estimate of drug-likeness (QED) is 0.813. The fourth-order valence-corrected chi connectivity index (χ4v) is 3.85. The van der Waals surface area contributed by atoms with Crippen LogP contribution < -0.4 is 10.9 Å². The first-order chi connectivity index (χ1) is 9.21. The van der Waals surface area contributed by atoms with E-state index < -0.39 is 0 Å². The average molecular weight is 281 g/mol. The van der Waals surface area contributed by atoms with Crippen LogP contribution in [0.15, 0.2) is 16.0 Å². The van der Waals surface area contributed by atoms with Crippen LogP contribution in [0.25, 0.3) is 0 Å². The van der Waals surface area contributed by atoms with Gasteiger partial charge in [-0.2, -0.15) is 0 Å². The van der Waals surface area contributed by atoms with E-state index in [9.17, 15) is 4.79 Å². The van der Waals surface area contributed by atoms with Crippen LogP contribution >= 0.6 is 11.8 Å². The molecular formula is C14H23N3OS. The highest BCUT2D eigenvalue weighted by Gasteiger charge is 2.22. The fraction of sp³-hybridized carbons (Fsp3) is 0.714. The van der Waals surface area contributed by atoms with Crippen molar-refractivity contribution >= 4 is 11.8 Å². The van der Waals surface area contributed by atoms with Crippen LogP contribution in [0.4, 0.5) is 0 Å². The monoisotopic (exact) mass is 281 g/mol. The maximum absolute atomic E-state index is 11.6. The van der Waals surface area contributed by atoms with Gasteiger partial charge in [0.15, 0.2) is 5.16 Å². The third-order valence-electron chi connectivity index (χ3n) is 3.59. The number of rotatable bonds is 5. The highest BCUT2D eigenvalue weighted by atomic mass is 32.2. The molecule has 106 valence electrons. The Morgan fingerprint density at radius 1 is 1.53 bits per heavy atom. The number of nitrogens with one attached hydrogen (secondary N) is 2. The van der Waals surface area contributed by atoms with Gasteiger partial charge in [0.1, 0.15) is 0 Å². The molecule has 1 aromatic rings. The van der Waals surface area contributed by atoms with Crippen molar-refractivity contribution in [3.63, 3.8) is 0 Å². The third kappa shape index (κ3) is 4.35. The highest BCUT2D eigenvalue weighted by molar-refractivity contribution is 7.99. The summed E-state index contributed by atoms with van der Waals surface area (Å²) in [5.74, 6) is 0. The number of aromatic amines is 1. The lowest BCUT2D eigenvalue weighted by atomic mass is 9.95. The van der Waals surface area contributed by atoms with Gasteiger partial charge >= 0.3 is 0 Å². The highest BCUT2D eigenvalue weighted by Crippen LogP contribution is 2.31. The molecule has 1 saturated carbocycles. The predicted molar refractivity (Wildman–Crippen MR) is 79.8 cm³/mol. The van der Waals surface area contributed by atoms with Gasteiger partial charge in [-0.25, -0.2) is 4.98 Å². The molecule has 1 fully saturated rings. The number of aryl methyl sites for hydroxylation is 1. The van der Waals surface area contributed by atoms with Gasteiger partial charge in [0, 0.05) is 23.1 Å². The zero-order valence-electron chi connectivity index (χ0n) is 11.7. The molecule has 0 amide bonds. The van der Waals surface area contributed by atoms with Crippen molar-refractivity contribution in [1.82, 2.24) is 15.3 Å². The van der Waals surface area contributed by atoms with Gasteiger partial charge in [-0.05, 0) is 32.7 Å². The Kier molecular flexibility index (Phi) is 5.45. The summed E-state index contributed by atoms with van der Waals surface area (Å²) in [5.41, 5.74) is 0.886. The first kappa shape index (κ1) is 14.6. The molecule has 0 aliphatic heterocycles. The lowest BCUT2D eigenvalue weighted by Gasteiger charge is -2.27. The van der Waals surface area contributed by atoms with E-state index in [4.69, 9.17) is 0 Å². The molecule has 2 atom stereocenters. The molecule has 0 saturated heterocycles. The second-order valence-electron chi connectivity index (χ2n) is 5.18. The molecule has 0 aromatic carbocycles. The van der Waals surface area contributed by atoms with Crippen LogP contribution in [0.2, 0.25) is 0 Å². The standard InChI is InChI=1S/C14H23N3OS/c1-3-5-11-9-13(18)17-14(16-11)19-12-7-4-6-10(8-12)15-2/h9-10,12,15H,3-8H2,1-2H3,(H,16,17,18). The van der Waals surface area contributed by atoms with Crippen molar-refractivity contribution in [3.05, 3.63) is 22.1 Å². The minimum Gasteiger partial charge on any atom is -0.317 e. The Morgan fingerprint density at radius 3 is 3.11 bits per heavy atom. The summed E-state index contributed by atoms with van der Waals surface area (Å²) >= 11 is 1.73. The molecule has 2 N–H and O–H groups in total. The minimum atomic E-state index is -0.0260. The van der Waals surface area contributed by atoms with Gasteiger partial charge in [-0.3, -0.25) is 4.79 Å². The summed E-state index contributed by atoms with van der Waals surface area (Å²) < 4.78 is 0. The lowest BCUT2D eigenvalue weighted by Crippen LogP contribution is -2.32. The van der Waals surface area contributed by atoms with Crippen molar-refractivity contribution < 1.29 is 0 Å². The molecule has 5 heteroatoms. The van der Waals surface area contributed by atoms with Crippen molar-refractivity contribution in [2.75, 3.05) is 7.05 Å². The van der Waals surface area contributed by atoms with Crippen LogP contribution in [0.5, 0.6) is 0 Å². The average Bonchev–Trinajstić information content (AvgIpc) is 2.38. The molecule has 1 aliphatic carbocycles. The molecular weight excluding hydrogens is 258 g/mol. The van der Waals surface area contributed by atoms with Crippen LogP contribution in [0.3, 0.4) is 0 Å². The second kappa shape index (κ2) is 7.10. The van der Waals surface area contributed by atoms with Crippen LogP contribution in [-0.4, -0.2) is 28.3 Å². The summed E-state index contributed by atoms with van der Waals surface area (Å²) in [5, 5.41) is 4.71. The van der Waals surface area contributed by atoms with Crippen LogP contribution in [-0.2, 0) is 6.42 Å². The van der Waals surface area contributed by atoms with Gasteiger partial charge < -0.3 is 10.3 Å². The smallest absolute Gasteiger partial charge is 0.251 e. The van der Waals surface area contributed by atoms with E-state index in [0.29, 0.717) is 11.3 Å². The Bertz CT molecular complexity index is 460. The summed E-state index contributed by atoms with van der Waals surface area (Å²) in [6.45, 7) is 2.11. The molecule has 1 aromatic heterocycles. The molecule has 0 spiro atoms. The van der Waals surface area contributed by atoms with Gasteiger partial charge in [-0.15, -0.1) is 0 Å². The van der Waals surface area contributed by atoms with Gasteiger partial charge in [0.2, 0.25) is 0 Å². The molecule has 1 heterocycles. The van der Waals surface area contributed by atoms with Crippen molar-refractivity contribution in [1.29, 1.82) is 0 Å². The van der Waals surface area contributed by atoms with E-state index in [1.54, 1.807) is 17.8 Å². The molecule has 0 bridgehead atoms. The van der Waals surface area contributed by atoms with Gasteiger partial charge in [-0.1, -0.05) is 31.5 Å². The Balaban J connectivity index is 2.03. The zero-order valence-corrected chi connectivity index (χ0v) is 12.6. The predicted octanol–water partition coefficient (Wildman–Crippen LogP) is 2.35. The zero-order chi connectivity index (χ0) is 13.7. The summed E-state index contributed by atoms with van der Waals surface area (Å²) in [4.78, 5) is 19.0. The van der Waals surface area contributed by atoms with Crippen molar-refractivity contribution in [3.8, 4) is 0 Å². The van der Waals surface area contributed by atoms with Gasteiger partial charge in [0.05, 0.1) is 0 Å². The van der Waals surface area contributed by atoms with E-state index in [0.717, 1.165) is 30.1 Å². The number of hydrogen-bond acceptors (Lipinski definition) is 4. The second-order valence-corrected chi connectivity index (χ2v) is 6.47. The summed E-state index contributed by atoms with van der Waals surface area (Å²) in [7, 11) is 2.03. The van der Waals surface area contributed by atoms with E-state index in [1.165, 1.54) is 19.3 Å². The first-order valence-electron chi connectivity index (χ1n) is 7.15. The van der Waals surface area contributed by atoms with Crippen LogP contribution in [0.1, 0.15) is 44.7 Å². The topological polar surface area (TPSA) is 57.8 Å². The molecule has 4 nitrogen and oxygen atoms in total. The van der Waals surface area contributed by atoms with Crippen molar-refractivity contribution in [2.45, 2.75) is 61.9 Å². The minimum absolute atomic E-state index is 0.0260. The molecule has 2 unspecified atom stereocenters. The maximum atomic E-state index is 11.6. The van der Waals surface area contributed by atoms with E-state index in [-0.39, 0.29) is 5.56 Å². The van der Waals surface area contributed by atoms with Gasteiger partial charge in [0.25, 0.3) is 5.56 Å². The molecule has 2 rings (SSSR count). The van der Waals surface area contributed by atoms with Crippen LogP contribution in [0, 0.1) is 0 Å². The van der Waals surface area contributed by atoms with E-state index in [1.807, 2.05) is 7.05 Å². The Morgan fingerprint density at radius 2 is 2.37 bits per heavy atom. The number of hydrogen-bond donors (Lipinski definition) is 2. The SMILES string of the molecule is CCCc1cc(=O)[nH]c(SC2CCCC(NC)C2)n1. The molecule has 1 aliphatic rings. The number of aromatic nitrogens is 2. The Hall–Kier alpha value is -0.810. The Labute approximate surface area is 118 Å². The molecule has 0 radical (unpaired) electrons. The van der Waals surface area contributed by atoms with E-state index >= 15 is 0 Å². The fourth-order valence-electron chi connectivity index (χ4n) is 2.60. The lowest BCUT2D eigenvalue weighted by molar-refractivity contribution is 0.402. The van der Waals surface area contributed by atoms with Crippen molar-refractivity contribution in [2.24, 2.45) is 0 Å². The molecule has 19 heavy (non-hydrogen) atoms. The largest absolute Gasteiger partial charge is 0.317 e. The normalized spacial score (nSPS) is 23.5. The summed E-state index contributed by atoms with van der Waals surface area (Å²) in [6, 6.07) is 2.22. The number of nitrogens with zero attached hydrogens (tertiary/aromatic N) is 1. The number of H-pyrrole nitrogens is 1. The third-order valence-corrected chi connectivity index (χ3v) is 4.77. The number of thioether (sulfide) groups is 1. The van der Waals surface area contributed by atoms with E-state index in [2.05, 4.69) is 22.2 Å².